The molecule has 3 amide bonds. The minimum Gasteiger partial charge on any atom is -0.504 e. The number of β-lactam (4-membered cyclic amide) rings is 1. The van der Waals surface area contributed by atoms with Crippen LogP contribution in [0.2, 0.25) is 0 Å². The summed E-state index contributed by atoms with van der Waals surface area (Å²) in [5.41, 5.74) is 5.73. The number of carbonyl (C=O) groups is 5. The van der Waals surface area contributed by atoms with Gasteiger partial charge in [-0.1, -0.05) is 24.2 Å². The number of oxime groups is 1. The standard InChI is InChI=1S/C32H38FN11O10S2.C2H6/c1-15(45)53-12-20(31(51)52-2)54-41-22(18-14-56-32(35)38-18)28(49)39-23-29(50)43-24(26(34)40-42-36)16(13-55-30(23)43)11-44(8-3-4-9-44)10-7-37-27(48)17-5-6-19(46)25(47)21(17)33;1-2/h5-6,14,20,23,30H,3-4,7-13H2,1-2H3,(H8-,34,35,36,37,38,39,40,41,42,46,47,48,49);1-2H3/p+1/t20-,23+,30+;/m0./s1. The average molecular weight is 851 g/mol. The van der Waals surface area contributed by atoms with Crippen LogP contribution in [0.4, 0.5) is 9.52 Å². The second kappa shape index (κ2) is 20.0. The highest BCUT2D eigenvalue weighted by Crippen LogP contribution is 2.42. The fourth-order valence-corrected chi connectivity index (χ4v) is 8.32. The minimum atomic E-state index is -1.54. The number of esters is 2. The molecule has 314 valence electrons. The van der Waals surface area contributed by atoms with Crippen molar-refractivity contribution in [2.75, 3.05) is 57.9 Å². The van der Waals surface area contributed by atoms with Gasteiger partial charge in [-0.2, -0.15) is 0 Å². The number of halogens is 1. The van der Waals surface area contributed by atoms with Gasteiger partial charge in [-0.25, -0.2) is 14.2 Å². The Bertz CT molecular complexity index is 2000. The lowest BCUT2D eigenvalue weighted by atomic mass is 10.0. The van der Waals surface area contributed by atoms with Crippen LogP contribution in [0.5, 0.6) is 11.5 Å². The normalized spacial score (nSPS) is 18.9. The van der Waals surface area contributed by atoms with E-state index in [9.17, 15) is 38.6 Å². The van der Waals surface area contributed by atoms with Gasteiger partial charge in [-0.15, -0.1) is 28.2 Å². The van der Waals surface area contributed by atoms with Crippen molar-refractivity contribution in [3.8, 4) is 11.5 Å². The average Bonchev–Trinajstić information content (AvgIpc) is 3.86. The number of phenols is 2. The molecule has 0 saturated carbocycles. The molecule has 0 unspecified atom stereocenters. The largest absolute Gasteiger partial charge is 0.504 e. The Kier molecular flexibility index (Phi) is 15.5. The van der Waals surface area contributed by atoms with E-state index in [1.54, 1.807) is 0 Å². The van der Waals surface area contributed by atoms with Crippen molar-refractivity contribution < 1.29 is 57.4 Å². The fraction of sp³-hybridized carbons (Fsp3) is 0.471. The van der Waals surface area contributed by atoms with E-state index < -0.39 is 82.4 Å². The Balaban J connectivity index is 0.00000366. The number of nitrogens with two attached hydrogens (primary N) is 2. The molecule has 0 aliphatic carbocycles. The molecule has 2 fully saturated rings. The number of rotatable bonds is 15. The van der Waals surface area contributed by atoms with E-state index in [0.717, 1.165) is 50.3 Å². The first-order valence-corrected chi connectivity index (χ1v) is 19.8. The number of methoxy groups -OCH3 is 1. The lowest BCUT2D eigenvalue weighted by Crippen LogP contribution is -2.71. The first-order valence-electron chi connectivity index (χ1n) is 17.9. The number of nitrogen functional groups attached to an aromatic ring is 1. The predicted octanol–water partition coefficient (Wildman–Crippen LogP) is 1.12. The van der Waals surface area contributed by atoms with Crippen LogP contribution < -0.4 is 22.2 Å². The monoisotopic (exact) mass is 850 g/mol. The number of thioether (sulfide) groups is 1. The molecule has 9 N–H and O–H groups in total. The minimum absolute atomic E-state index is 0.0313. The zero-order chi connectivity index (χ0) is 42.7. The molecule has 0 spiro atoms. The maximum atomic E-state index is 14.4. The van der Waals surface area contributed by atoms with Crippen LogP contribution in [0, 0.1) is 11.2 Å². The van der Waals surface area contributed by atoms with E-state index in [2.05, 4.69) is 35.8 Å². The summed E-state index contributed by atoms with van der Waals surface area (Å²) in [6.45, 7) is 6.84. The van der Waals surface area contributed by atoms with Gasteiger partial charge < -0.3 is 51.2 Å². The number of ether oxygens (including phenoxy) is 2. The maximum Gasteiger partial charge on any atom is 0.353 e. The van der Waals surface area contributed by atoms with E-state index in [1.807, 2.05) is 13.8 Å². The second-order valence-electron chi connectivity index (χ2n) is 12.7. The summed E-state index contributed by atoms with van der Waals surface area (Å²) in [4.78, 5) is 74.5. The molecule has 0 bridgehead atoms. The van der Waals surface area contributed by atoms with Gasteiger partial charge in [0.15, 0.2) is 34.0 Å². The highest BCUT2D eigenvalue weighted by molar-refractivity contribution is 8.00. The van der Waals surface area contributed by atoms with Crippen molar-refractivity contribution in [3.63, 3.8) is 0 Å². The third-order valence-corrected chi connectivity index (χ3v) is 11.1. The number of anilines is 1. The van der Waals surface area contributed by atoms with E-state index in [-0.39, 0.29) is 28.9 Å². The molecule has 21 nitrogen and oxygen atoms in total. The fourth-order valence-electron chi connectivity index (χ4n) is 6.43. The van der Waals surface area contributed by atoms with Crippen molar-refractivity contribution in [1.29, 1.82) is 5.41 Å². The Hall–Kier alpha value is -5.88. The molecule has 3 aliphatic heterocycles. The van der Waals surface area contributed by atoms with Gasteiger partial charge in [0.1, 0.15) is 30.3 Å². The summed E-state index contributed by atoms with van der Waals surface area (Å²) < 4.78 is 24.4. The van der Waals surface area contributed by atoms with Crippen LogP contribution in [0.25, 0.3) is 0 Å². The second-order valence-corrected chi connectivity index (χ2v) is 14.7. The van der Waals surface area contributed by atoms with Crippen LogP contribution in [-0.4, -0.2) is 136 Å². The number of phenolic OH excluding ortho intramolecular Hbond substituents is 2. The van der Waals surface area contributed by atoms with E-state index in [4.69, 9.17) is 26.6 Å². The summed E-state index contributed by atoms with van der Waals surface area (Å²) in [5.74, 6) is -1.66. The van der Waals surface area contributed by atoms with Gasteiger partial charge in [0.05, 0.1) is 44.5 Å². The number of hydrogen-bond donors (Lipinski definition) is 7. The van der Waals surface area contributed by atoms with Gasteiger partial charge in [0.25, 0.3) is 23.8 Å². The van der Waals surface area contributed by atoms with Crippen molar-refractivity contribution in [2.45, 2.75) is 51.1 Å². The third-order valence-electron chi connectivity index (χ3n) is 9.12. The van der Waals surface area contributed by atoms with Gasteiger partial charge in [-0.05, 0) is 12.1 Å². The Morgan fingerprint density at radius 3 is 2.53 bits per heavy atom. The first kappa shape index (κ1) is 44.8. The number of hydrogen-bond acceptors (Lipinski definition) is 17. The SMILES string of the molecule is CC.COC(=O)[C@H](COC(C)=O)O/N=C(\C(=O)N[C@@H]1C(=O)N2C(C(=N)N=NN)=C(C[N+]3(CCNC(=O)c4ccc(O)c(O)c4F)CCCC3)CS[C@H]12)c1csc(N)n1. The third kappa shape index (κ3) is 10.2. The predicted molar refractivity (Wildman–Crippen MR) is 208 cm³/mol. The van der Waals surface area contributed by atoms with Crippen LogP contribution in [0.15, 0.2) is 44.3 Å². The number of benzene rings is 1. The number of thiazole rings is 1. The van der Waals surface area contributed by atoms with Gasteiger partial charge >= 0.3 is 11.9 Å². The number of nitrogens with one attached hydrogen (secondary N) is 3. The van der Waals surface area contributed by atoms with Crippen molar-refractivity contribution in [3.05, 3.63) is 45.9 Å². The molecule has 2 aromatic rings. The molecule has 3 atom stereocenters. The highest BCUT2D eigenvalue weighted by atomic mass is 32.2. The number of likely N-dealkylation sites (tertiary alicyclic amines) is 1. The van der Waals surface area contributed by atoms with Crippen molar-refractivity contribution in [1.82, 2.24) is 20.5 Å². The van der Waals surface area contributed by atoms with Gasteiger partial charge in [-0.3, -0.25) is 29.5 Å². The smallest absolute Gasteiger partial charge is 0.353 e. The summed E-state index contributed by atoms with van der Waals surface area (Å²) in [7, 11) is 1.08. The number of carbonyl (C=O) groups excluding carboxylic acids is 5. The summed E-state index contributed by atoms with van der Waals surface area (Å²) in [6, 6.07) is 0.963. The maximum absolute atomic E-state index is 14.4. The first-order chi connectivity index (χ1) is 27.7. The Morgan fingerprint density at radius 2 is 1.91 bits per heavy atom. The number of nitrogens with zero attached hydrogens (tertiary/aromatic N) is 6. The van der Waals surface area contributed by atoms with Crippen LogP contribution >= 0.6 is 23.1 Å². The van der Waals surface area contributed by atoms with Crippen LogP contribution in [0.1, 0.15) is 49.7 Å². The molecule has 58 heavy (non-hydrogen) atoms. The molecule has 1 aromatic carbocycles. The van der Waals surface area contributed by atoms with Gasteiger partial charge in [0.2, 0.25) is 0 Å². The van der Waals surface area contributed by atoms with E-state index in [1.165, 1.54) is 22.0 Å². The topological polar surface area (TPSA) is 307 Å². The molecule has 2 saturated heterocycles. The van der Waals surface area contributed by atoms with Gasteiger partial charge in [0, 0.05) is 36.5 Å². The molecule has 24 heteroatoms. The summed E-state index contributed by atoms with van der Waals surface area (Å²) in [5, 5.41) is 44.8. The van der Waals surface area contributed by atoms with Crippen LogP contribution in [0.3, 0.4) is 0 Å². The number of amides is 3. The summed E-state index contributed by atoms with van der Waals surface area (Å²) in [6.07, 6.45) is 0.193. The van der Waals surface area contributed by atoms with E-state index >= 15 is 0 Å². The summed E-state index contributed by atoms with van der Waals surface area (Å²) >= 11 is 2.32. The molecule has 3 aliphatic rings. The molecule has 1 aromatic heterocycles. The Morgan fingerprint density at radius 1 is 1.21 bits per heavy atom. The van der Waals surface area contributed by atoms with Crippen molar-refractivity contribution in [2.24, 2.45) is 21.3 Å². The number of fused-ring (bicyclic) bond motifs is 1. The van der Waals surface area contributed by atoms with E-state index in [0.29, 0.717) is 42.0 Å². The zero-order valence-electron chi connectivity index (χ0n) is 32.0. The number of aromatic nitrogens is 1. The van der Waals surface area contributed by atoms with Crippen LogP contribution in [-0.2, 0) is 33.5 Å². The number of amidine groups is 1. The lowest BCUT2D eigenvalue weighted by Gasteiger charge is -2.50. The van der Waals surface area contributed by atoms with Crippen molar-refractivity contribution >= 4 is 69.4 Å². The molecule has 0 radical (unpaired) electrons. The Labute approximate surface area is 339 Å². The zero-order valence-corrected chi connectivity index (χ0v) is 33.7. The lowest BCUT2D eigenvalue weighted by molar-refractivity contribution is -0.911. The molecular weight excluding hydrogens is 806 g/mol. The molecule has 5 rings (SSSR count). The highest BCUT2D eigenvalue weighted by Gasteiger charge is 2.54. The molecule has 4 heterocycles. The number of quaternary nitrogens is 1. The molecular formula is C34H45FN11O10S2+. The number of aromatic hydroxyl groups is 2. The quantitative estimate of drug-likeness (QED) is 0.0152.